The van der Waals surface area contributed by atoms with Crippen LogP contribution in [0.3, 0.4) is 0 Å². The topological polar surface area (TPSA) is 24.5 Å². The number of benzene rings is 1. The van der Waals surface area contributed by atoms with Crippen molar-refractivity contribution in [3.05, 3.63) is 29.3 Å². The highest BCUT2D eigenvalue weighted by Crippen LogP contribution is 2.41. The first-order chi connectivity index (χ1) is 8.79. The van der Waals surface area contributed by atoms with E-state index in [1.807, 2.05) is 0 Å². The Morgan fingerprint density at radius 3 is 2.78 bits per heavy atom. The van der Waals surface area contributed by atoms with E-state index in [2.05, 4.69) is 35.3 Å². The number of nitrogens with one attached hydrogen (secondary N) is 1. The summed E-state index contributed by atoms with van der Waals surface area (Å²) in [5, 5.41) is 3.43. The molecule has 98 valence electrons. The smallest absolute Gasteiger partial charge is 0.119 e. The van der Waals surface area contributed by atoms with Gasteiger partial charge in [-0.3, -0.25) is 4.90 Å². The number of hydrogen-bond donors (Lipinski definition) is 1. The summed E-state index contributed by atoms with van der Waals surface area (Å²) in [5.74, 6) is 1.70. The summed E-state index contributed by atoms with van der Waals surface area (Å²) in [6.45, 7) is 6.95. The Balaban J connectivity index is 1.88. The van der Waals surface area contributed by atoms with Crippen LogP contribution < -0.4 is 10.1 Å². The first kappa shape index (κ1) is 12.0. The summed E-state index contributed by atoms with van der Waals surface area (Å²) in [5.41, 5.74) is 3.00. The van der Waals surface area contributed by atoms with Gasteiger partial charge in [0.2, 0.25) is 0 Å². The van der Waals surface area contributed by atoms with Crippen molar-refractivity contribution in [1.29, 1.82) is 0 Å². The Hall–Kier alpha value is -1.06. The molecule has 1 aliphatic heterocycles. The van der Waals surface area contributed by atoms with Gasteiger partial charge in [0.25, 0.3) is 0 Å². The van der Waals surface area contributed by atoms with Crippen molar-refractivity contribution in [2.24, 2.45) is 5.92 Å². The maximum absolute atomic E-state index is 5.33. The van der Waals surface area contributed by atoms with Crippen LogP contribution in [0.1, 0.15) is 24.1 Å². The standard InChI is InChI=1S/C15H22N2O/c1-11-9-12-10-13(18-2)3-4-14(12)15(11)17-7-5-16-6-8-17/h3-4,10-11,15-16H,5-9H2,1-2H3. The lowest BCUT2D eigenvalue weighted by atomic mass is 10.00. The third-order valence-electron chi connectivity index (χ3n) is 4.29. The zero-order valence-electron chi connectivity index (χ0n) is 11.3. The number of nitrogens with zero attached hydrogens (tertiary/aromatic N) is 1. The average Bonchev–Trinajstić information content (AvgIpc) is 2.74. The largest absolute Gasteiger partial charge is 0.497 e. The zero-order valence-corrected chi connectivity index (χ0v) is 11.3. The molecule has 2 unspecified atom stereocenters. The zero-order chi connectivity index (χ0) is 12.5. The maximum atomic E-state index is 5.33. The van der Waals surface area contributed by atoms with Gasteiger partial charge in [0.1, 0.15) is 5.75 Å². The highest BCUT2D eigenvalue weighted by molar-refractivity contribution is 5.41. The normalized spacial score (nSPS) is 28.1. The molecular weight excluding hydrogens is 224 g/mol. The Kier molecular flexibility index (Phi) is 3.27. The van der Waals surface area contributed by atoms with E-state index in [9.17, 15) is 0 Å². The van der Waals surface area contributed by atoms with Gasteiger partial charge in [0, 0.05) is 32.2 Å². The first-order valence-electron chi connectivity index (χ1n) is 6.91. The van der Waals surface area contributed by atoms with E-state index in [1.165, 1.54) is 30.6 Å². The number of rotatable bonds is 2. The molecule has 0 amide bonds. The van der Waals surface area contributed by atoms with E-state index in [0.29, 0.717) is 12.0 Å². The molecule has 2 atom stereocenters. The van der Waals surface area contributed by atoms with Gasteiger partial charge in [-0.2, -0.15) is 0 Å². The lowest BCUT2D eigenvalue weighted by molar-refractivity contribution is 0.141. The van der Waals surface area contributed by atoms with Gasteiger partial charge in [0.15, 0.2) is 0 Å². The van der Waals surface area contributed by atoms with Crippen molar-refractivity contribution in [2.75, 3.05) is 33.3 Å². The van der Waals surface area contributed by atoms with Crippen LogP contribution in [-0.4, -0.2) is 38.2 Å². The number of methoxy groups -OCH3 is 1. The minimum absolute atomic E-state index is 0.605. The lowest BCUT2D eigenvalue weighted by Crippen LogP contribution is -2.45. The van der Waals surface area contributed by atoms with Crippen LogP contribution >= 0.6 is 0 Å². The maximum Gasteiger partial charge on any atom is 0.119 e. The van der Waals surface area contributed by atoms with Crippen LogP contribution in [0.4, 0.5) is 0 Å². The summed E-state index contributed by atoms with van der Waals surface area (Å²) >= 11 is 0. The molecule has 0 bridgehead atoms. The van der Waals surface area contributed by atoms with Crippen LogP contribution in [0.25, 0.3) is 0 Å². The molecule has 0 aromatic heterocycles. The summed E-state index contributed by atoms with van der Waals surface area (Å²) < 4.78 is 5.33. The van der Waals surface area contributed by atoms with Crippen molar-refractivity contribution in [2.45, 2.75) is 19.4 Å². The second-order valence-electron chi connectivity index (χ2n) is 5.48. The molecule has 3 rings (SSSR count). The molecule has 3 heteroatoms. The minimum atomic E-state index is 0.605. The molecule has 2 aliphatic rings. The van der Waals surface area contributed by atoms with E-state index >= 15 is 0 Å². The molecule has 0 radical (unpaired) electrons. The van der Waals surface area contributed by atoms with Gasteiger partial charge in [-0.15, -0.1) is 0 Å². The lowest BCUT2D eigenvalue weighted by Gasteiger charge is -2.35. The van der Waals surface area contributed by atoms with Gasteiger partial charge < -0.3 is 10.1 Å². The van der Waals surface area contributed by atoms with Crippen LogP contribution in [-0.2, 0) is 6.42 Å². The number of hydrogen-bond acceptors (Lipinski definition) is 3. The molecule has 1 fully saturated rings. The summed E-state index contributed by atoms with van der Waals surface area (Å²) in [4.78, 5) is 2.64. The molecular formula is C15H22N2O. The Morgan fingerprint density at radius 1 is 1.28 bits per heavy atom. The Labute approximate surface area is 109 Å². The molecule has 0 saturated carbocycles. The van der Waals surface area contributed by atoms with E-state index in [0.717, 1.165) is 18.8 Å². The number of piperazine rings is 1. The third-order valence-corrected chi connectivity index (χ3v) is 4.29. The molecule has 0 spiro atoms. The second-order valence-corrected chi connectivity index (χ2v) is 5.48. The van der Waals surface area contributed by atoms with E-state index in [1.54, 1.807) is 7.11 Å². The van der Waals surface area contributed by atoms with Gasteiger partial charge >= 0.3 is 0 Å². The molecule has 1 heterocycles. The van der Waals surface area contributed by atoms with Crippen LogP contribution in [0.5, 0.6) is 5.75 Å². The van der Waals surface area contributed by atoms with E-state index in [-0.39, 0.29) is 0 Å². The predicted octanol–water partition coefficient (Wildman–Crippen LogP) is 1.83. The Bertz CT molecular complexity index is 427. The fraction of sp³-hybridized carbons (Fsp3) is 0.600. The quantitative estimate of drug-likeness (QED) is 0.861. The molecule has 1 N–H and O–H groups in total. The van der Waals surface area contributed by atoms with Crippen molar-refractivity contribution in [3.8, 4) is 5.75 Å². The summed E-state index contributed by atoms with van der Waals surface area (Å²) in [6, 6.07) is 7.19. The van der Waals surface area contributed by atoms with Crippen LogP contribution in [0.2, 0.25) is 0 Å². The second kappa shape index (κ2) is 4.90. The number of fused-ring (bicyclic) bond motifs is 1. The predicted molar refractivity (Wildman–Crippen MR) is 73.0 cm³/mol. The highest BCUT2D eigenvalue weighted by atomic mass is 16.5. The van der Waals surface area contributed by atoms with Gasteiger partial charge in [-0.05, 0) is 35.6 Å². The first-order valence-corrected chi connectivity index (χ1v) is 6.91. The Morgan fingerprint density at radius 2 is 2.06 bits per heavy atom. The molecule has 3 nitrogen and oxygen atoms in total. The summed E-state index contributed by atoms with van der Waals surface area (Å²) in [7, 11) is 1.74. The van der Waals surface area contributed by atoms with Gasteiger partial charge in [0.05, 0.1) is 7.11 Å². The monoisotopic (exact) mass is 246 g/mol. The van der Waals surface area contributed by atoms with E-state index in [4.69, 9.17) is 4.74 Å². The minimum Gasteiger partial charge on any atom is -0.497 e. The number of ether oxygens (including phenoxy) is 1. The van der Waals surface area contributed by atoms with Crippen LogP contribution in [0.15, 0.2) is 18.2 Å². The fourth-order valence-corrected chi connectivity index (χ4v) is 3.46. The van der Waals surface area contributed by atoms with E-state index < -0.39 is 0 Å². The van der Waals surface area contributed by atoms with Gasteiger partial charge in [-0.1, -0.05) is 13.0 Å². The van der Waals surface area contributed by atoms with Crippen molar-refractivity contribution < 1.29 is 4.74 Å². The molecule has 18 heavy (non-hydrogen) atoms. The molecule has 1 aliphatic carbocycles. The third kappa shape index (κ3) is 2.02. The molecule has 1 aromatic rings. The van der Waals surface area contributed by atoms with Gasteiger partial charge in [-0.25, -0.2) is 0 Å². The molecule has 1 aromatic carbocycles. The van der Waals surface area contributed by atoms with Crippen molar-refractivity contribution in [1.82, 2.24) is 10.2 Å². The SMILES string of the molecule is COc1ccc2c(c1)CC(C)C2N1CCNCC1. The fourth-order valence-electron chi connectivity index (χ4n) is 3.46. The van der Waals surface area contributed by atoms with Crippen LogP contribution in [0, 0.1) is 5.92 Å². The summed E-state index contributed by atoms with van der Waals surface area (Å²) in [6.07, 6.45) is 1.18. The van der Waals surface area contributed by atoms with Crippen molar-refractivity contribution >= 4 is 0 Å². The highest BCUT2D eigenvalue weighted by Gasteiger charge is 2.34. The molecule has 1 saturated heterocycles. The average molecular weight is 246 g/mol. The van der Waals surface area contributed by atoms with Crippen molar-refractivity contribution in [3.63, 3.8) is 0 Å².